The number of ether oxygens (including phenoxy) is 3. The molecule has 0 aliphatic rings. The first-order chi connectivity index (χ1) is 8.67. The Balaban J connectivity index is 2.83. The van der Waals surface area contributed by atoms with E-state index < -0.39 is 5.97 Å². The van der Waals surface area contributed by atoms with E-state index in [2.05, 4.69) is 0 Å². The van der Waals surface area contributed by atoms with E-state index in [1.54, 1.807) is 31.2 Å². The number of halogens is 1. The number of carbonyl (C=O) groups is 1. The molecule has 1 aromatic carbocycles. The van der Waals surface area contributed by atoms with E-state index >= 15 is 0 Å². The van der Waals surface area contributed by atoms with Crippen molar-refractivity contribution in [1.29, 1.82) is 0 Å². The van der Waals surface area contributed by atoms with Crippen LogP contribution in [0.5, 0.6) is 5.75 Å². The van der Waals surface area contributed by atoms with Gasteiger partial charge in [0.25, 0.3) is 0 Å². The number of methoxy groups -OCH3 is 1. The largest absolute Gasteiger partial charge is 0.467 e. The first-order valence-corrected chi connectivity index (χ1v) is 5.81. The highest BCUT2D eigenvalue weighted by Crippen LogP contribution is 2.24. The van der Waals surface area contributed by atoms with Crippen molar-refractivity contribution in [3.05, 3.63) is 34.9 Å². The highest BCUT2D eigenvalue weighted by molar-refractivity contribution is 6.30. The molecule has 0 radical (unpaired) electrons. The lowest BCUT2D eigenvalue weighted by Gasteiger charge is -2.08. The highest BCUT2D eigenvalue weighted by atomic mass is 35.5. The smallest absolute Gasteiger partial charge is 0.330 e. The predicted molar refractivity (Wildman–Crippen MR) is 69.6 cm³/mol. The van der Waals surface area contributed by atoms with Gasteiger partial charge in [0.15, 0.2) is 6.79 Å². The second kappa shape index (κ2) is 7.74. The monoisotopic (exact) mass is 270 g/mol. The lowest BCUT2D eigenvalue weighted by atomic mass is 10.2. The lowest BCUT2D eigenvalue weighted by molar-refractivity contribution is -0.137. The number of benzene rings is 1. The summed E-state index contributed by atoms with van der Waals surface area (Å²) in [6.45, 7) is 2.21. The van der Waals surface area contributed by atoms with E-state index in [1.807, 2.05) is 0 Å². The molecule has 1 aromatic rings. The first kappa shape index (κ1) is 14.5. The van der Waals surface area contributed by atoms with E-state index in [0.717, 1.165) is 5.56 Å². The number of esters is 1. The Morgan fingerprint density at radius 1 is 1.44 bits per heavy atom. The van der Waals surface area contributed by atoms with Gasteiger partial charge in [0.05, 0.1) is 6.61 Å². The molecule has 0 N–H and O–H groups in total. The molecule has 0 saturated carbocycles. The Morgan fingerprint density at radius 2 is 2.22 bits per heavy atom. The molecule has 1 rings (SSSR count). The number of rotatable bonds is 6. The molecular weight excluding hydrogens is 256 g/mol. The third-order valence-corrected chi connectivity index (χ3v) is 2.23. The van der Waals surface area contributed by atoms with Crippen molar-refractivity contribution in [3.8, 4) is 5.75 Å². The van der Waals surface area contributed by atoms with E-state index in [1.165, 1.54) is 13.2 Å². The van der Waals surface area contributed by atoms with Gasteiger partial charge in [-0.2, -0.15) is 0 Å². The van der Waals surface area contributed by atoms with Crippen molar-refractivity contribution in [2.24, 2.45) is 0 Å². The van der Waals surface area contributed by atoms with Gasteiger partial charge in [-0.3, -0.25) is 0 Å². The van der Waals surface area contributed by atoms with Crippen LogP contribution in [-0.2, 0) is 14.3 Å². The van der Waals surface area contributed by atoms with Gasteiger partial charge in [-0.1, -0.05) is 11.6 Å². The standard InChI is InChI=1S/C13H15ClO4/c1-3-17-13(15)7-5-10-4-6-11(14)8-12(10)18-9-16-2/h4-8H,3,9H2,1-2H3/b7-5+. The predicted octanol–water partition coefficient (Wildman–Crippen LogP) is 2.90. The molecule has 4 nitrogen and oxygen atoms in total. The van der Waals surface area contributed by atoms with Crippen molar-refractivity contribution in [1.82, 2.24) is 0 Å². The molecule has 0 heterocycles. The van der Waals surface area contributed by atoms with Gasteiger partial charge >= 0.3 is 5.97 Å². The van der Waals surface area contributed by atoms with E-state index in [-0.39, 0.29) is 6.79 Å². The molecule has 5 heteroatoms. The van der Waals surface area contributed by atoms with Crippen LogP contribution in [0.1, 0.15) is 12.5 Å². The molecule has 0 aliphatic heterocycles. The van der Waals surface area contributed by atoms with Gasteiger partial charge in [-0.05, 0) is 31.2 Å². The SMILES string of the molecule is CCOC(=O)/C=C/c1ccc(Cl)cc1OCOC. The summed E-state index contributed by atoms with van der Waals surface area (Å²) < 4.78 is 15.0. The van der Waals surface area contributed by atoms with Crippen LogP contribution >= 0.6 is 11.6 Å². The zero-order valence-corrected chi connectivity index (χ0v) is 11.1. The molecular formula is C13H15ClO4. The van der Waals surface area contributed by atoms with Crippen LogP contribution in [0.25, 0.3) is 6.08 Å². The summed E-state index contributed by atoms with van der Waals surface area (Å²) in [5, 5.41) is 0.550. The lowest BCUT2D eigenvalue weighted by Crippen LogP contribution is -2.01. The second-order valence-electron chi connectivity index (χ2n) is 3.32. The van der Waals surface area contributed by atoms with Crippen LogP contribution in [0.15, 0.2) is 24.3 Å². The molecule has 0 aromatic heterocycles. The summed E-state index contributed by atoms with van der Waals surface area (Å²) in [5.74, 6) is 0.148. The van der Waals surface area contributed by atoms with Crippen molar-refractivity contribution in [2.45, 2.75) is 6.92 Å². The number of hydrogen-bond acceptors (Lipinski definition) is 4. The quantitative estimate of drug-likeness (QED) is 0.453. The Hall–Kier alpha value is -1.52. The maximum Gasteiger partial charge on any atom is 0.330 e. The summed E-state index contributed by atoms with van der Waals surface area (Å²) in [7, 11) is 1.53. The first-order valence-electron chi connectivity index (χ1n) is 5.43. The van der Waals surface area contributed by atoms with Gasteiger partial charge in [0.2, 0.25) is 0 Å². The van der Waals surface area contributed by atoms with Gasteiger partial charge < -0.3 is 14.2 Å². The Morgan fingerprint density at radius 3 is 2.89 bits per heavy atom. The van der Waals surface area contributed by atoms with E-state index in [0.29, 0.717) is 17.4 Å². The number of carbonyl (C=O) groups excluding carboxylic acids is 1. The Kier molecular flexibility index (Phi) is 6.25. The zero-order valence-electron chi connectivity index (χ0n) is 10.3. The molecule has 0 unspecified atom stereocenters. The minimum Gasteiger partial charge on any atom is -0.467 e. The van der Waals surface area contributed by atoms with Crippen molar-refractivity contribution >= 4 is 23.6 Å². The van der Waals surface area contributed by atoms with Crippen molar-refractivity contribution in [2.75, 3.05) is 20.5 Å². The fourth-order valence-electron chi connectivity index (χ4n) is 1.24. The van der Waals surface area contributed by atoms with Gasteiger partial charge in [0, 0.05) is 23.8 Å². The fraction of sp³-hybridized carbons (Fsp3) is 0.308. The van der Waals surface area contributed by atoms with Gasteiger partial charge in [0.1, 0.15) is 5.75 Å². The normalized spacial score (nSPS) is 10.6. The zero-order chi connectivity index (χ0) is 13.4. The summed E-state index contributed by atoms with van der Waals surface area (Å²) in [6, 6.07) is 5.13. The summed E-state index contributed by atoms with van der Waals surface area (Å²) >= 11 is 5.87. The molecule has 0 amide bonds. The average molecular weight is 271 g/mol. The van der Waals surface area contributed by atoms with Crippen LogP contribution in [0.2, 0.25) is 5.02 Å². The minimum atomic E-state index is -0.398. The van der Waals surface area contributed by atoms with Gasteiger partial charge in [-0.15, -0.1) is 0 Å². The Labute approximate surface area is 111 Å². The third kappa shape index (κ3) is 4.77. The minimum absolute atomic E-state index is 0.112. The summed E-state index contributed by atoms with van der Waals surface area (Å²) in [6.07, 6.45) is 2.95. The van der Waals surface area contributed by atoms with Crippen LogP contribution in [0.4, 0.5) is 0 Å². The second-order valence-corrected chi connectivity index (χ2v) is 3.75. The average Bonchev–Trinajstić information content (AvgIpc) is 2.35. The summed E-state index contributed by atoms with van der Waals surface area (Å²) in [4.78, 5) is 11.2. The van der Waals surface area contributed by atoms with Crippen LogP contribution in [0.3, 0.4) is 0 Å². The fourth-order valence-corrected chi connectivity index (χ4v) is 1.40. The van der Waals surface area contributed by atoms with Crippen LogP contribution < -0.4 is 4.74 Å². The van der Waals surface area contributed by atoms with Crippen LogP contribution in [0, 0.1) is 0 Å². The maximum absolute atomic E-state index is 11.2. The molecule has 0 atom stereocenters. The highest BCUT2D eigenvalue weighted by Gasteiger charge is 2.03. The Bertz CT molecular complexity index is 429. The molecule has 0 fully saturated rings. The molecule has 0 spiro atoms. The van der Waals surface area contributed by atoms with Gasteiger partial charge in [-0.25, -0.2) is 4.79 Å². The number of hydrogen-bond donors (Lipinski definition) is 0. The third-order valence-electron chi connectivity index (χ3n) is 1.99. The maximum atomic E-state index is 11.2. The van der Waals surface area contributed by atoms with E-state index in [4.69, 9.17) is 25.8 Å². The van der Waals surface area contributed by atoms with Crippen LogP contribution in [-0.4, -0.2) is 26.5 Å². The molecule has 0 aliphatic carbocycles. The molecule has 0 bridgehead atoms. The topological polar surface area (TPSA) is 44.8 Å². The summed E-state index contributed by atoms with van der Waals surface area (Å²) in [5.41, 5.74) is 0.726. The molecule has 98 valence electrons. The van der Waals surface area contributed by atoms with Crippen molar-refractivity contribution in [3.63, 3.8) is 0 Å². The van der Waals surface area contributed by atoms with E-state index in [9.17, 15) is 4.79 Å². The molecule has 0 saturated heterocycles. The van der Waals surface area contributed by atoms with Crippen molar-refractivity contribution < 1.29 is 19.0 Å². The molecule has 18 heavy (non-hydrogen) atoms.